The minimum atomic E-state index is -2.93. The summed E-state index contributed by atoms with van der Waals surface area (Å²) in [6.45, 7) is 0. The predicted octanol–water partition coefficient (Wildman–Crippen LogP) is -1.61. The average Bonchev–Trinajstić information content (AvgIpc) is 1.35. The molecule has 0 saturated heterocycles. The third-order valence-corrected chi connectivity index (χ3v) is 0.900. The van der Waals surface area contributed by atoms with Crippen LogP contribution in [0, 0.1) is 0 Å². The van der Waals surface area contributed by atoms with E-state index < -0.39 is 22.9 Å². The summed E-state index contributed by atoms with van der Waals surface area (Å²) in [5.74, 6) is 0. The molecule has 38 valence electrons. The normalized spacial score (nSPS) is 9.50. The molecule has 0 amide bonds. The Morgan fingerprint density at radius 2 is 2.00 bits per heavy atom. The standard InChI is InChI=1S/H2O4S2/c1-5-4-6(2)3/h5-6H. The quantitative estimate of drug-likeness (QED) is 0.441. The zero-order chi connectivity index (χ0) is 4.99. The summed E-state index contributed by atoms with van der Waals surface area (Å²) in [5.41, 5.74) is 0. The summed E-state index contributed by atoms with van der Waals surface area (Å²) in [4.78, 5) is 0. The average molecular weight is 130 g/mol. The molecule has 0 radical (unpaired) electrons. The number of hydrogen-bond donors (Lipinski definition) is 2. The predicted molar refractivity (Wildman–Crippen MR) is 20.9 cm³/mol. The third kappa shape index (κ3) is 4.06. The van der Waals surface area contributed by atoms with Gasteiger partial charge in [-0.3, -0.25) is 0 Å². The fourth-order valence-electron chi connectivity index (χ4n) is 0.0272. The smallest absolute Gasteiger partial charge is 0.232 e. The lowest BCUT2D eigenvalue weighted by molar-refractivity contribution is 0.529. The van der Waals surface area contributed by atoms with Crippen LogP contribution in [-0.4, -0.2) is 12.6 Å². The maximum absolute atomic E-state index is 9.21. The van der Waals surface area contributed by atoms with Crippen molar-refractivity contribution < 1.29 is 16.3 Å². The second-order valence-electron chi connectivity index (χ2n) is 0.380. The van der Waals surface area contributed by atoms with Crippen LogP contribution in [0.5, 0.6) is 0 Å². The highest BCUT2D eigenvalue weighted by Crippen LogP contribution is 1.60. The molecule has 0 aliphatic heterocycles. The Morgan fingerprint density at radius 1 is 1.50 bits per heavy atom. The van der Waals surface area contributed by atoms with Crippen LogP contribution in [0.2, 0.25) is 0 Å². The van der Waals surface area contributed by atoms with Crippen molar-refractivity contribution in [2.75, 3.05) is 0 Å². The van der Waals surface area contributed by atoms with Gasteiger partial charge in [0.15, 0.2) is 11.9 Å². The van der Waals surface area contributed by atoms with Gasteiger partial charge in [-0.1, -0.05) is 0 Å². The minimum Gasteiger partial charge on any atom is -0.232 e. The first-order chi connectivity index (χ1) is 2.77. The molecule has 0 atom stereocenters. The summed E-state index contributed by atoms with van der Waals surface area (Å²) in [6, 6.07) is 0. The molecule has 6 heavy (non-hydrogen) atoms. The Hall–Kier alpha value is 0.0600. The van der Waals surface area contributed by atoms with Crippen LogP contribution in [0.25, 0.3) is 0 Å². The second kappa shape index (κ2) is 3.26. The van der Waals surface area contributed by atoms with Crippen LogP contribution in [0.3, 0.4) is 0 Å². The number of hydrogen-bond acceptors (Lipinski definition) is 4. The van der Waals surface area contributed by atoms with Gasteiger partial charge in [0.2, 0.25) is 0 Å². The van der Waals surface area contributed by atoms with Gasteiger partial charge in [0.25, 0.3) is 11.0 Å². The van der Waals surface area contributed by atoms with Gasteiger partial charge in [-0.05, 0) is 0 Å². The molecular weight excluding hydrogens is 128 g/mol. The maximum Gasteiger partial charge on any atom is 0.269 e. The van der Waals surface area contributed by atoms with E-state index >= 15 is 0 Å². The Labute approximate surface area is 40.0 Å². The summed E-state index contributed by atoms with van der Waals surface area (Å²) in [7, 11) is -2.93. The van der Waals surface area contributed by atoms with Gasteiger partial charge in [-0.25, -0.2) is 12.6 Å². The van der Waals surface area contributed by atoms with Gasteiger partial charge in [0.05, 0.1) is 0 Å². The first kappa shape index (κ1) is 6.06. The number of thiol groups is 2. The molecule has 0 fully saturated rings. The fourth-order valence-corrected chi connectivity index (χ4v) is 0.245. The Kier molecular flexibility index (Phi) is 3.29. The van der Waals surface area contributed by atoms with Crippen molar-refractivity contribution in [2.45, 2.75) is 0 Å². The van der Waals surface area contributed by atoms with E-state index in [4.69, 9.17) is 4.21 Å². The van der Waals surface area contributed by atoms with Crippen LogP contribution >= 0.6 is 0 Å². The van der Waals surface area contributed by atoms with Crippen molar-refractivity contribution in [1.29, 1.82) is 0 Å². The van der Waals surface area contributed by atoms with E-state index in [2.05, 4.69) is 3.63 Å². The van der Waals surface area contributed by atoms with E-state index in [1.54, 1.807) is 0 Å². The van der Waals surface area contributed by atoms with Crippen LogP contribution in [0.15, 0.2) is 0 Å². The zero-order valence-corrected chi connectivity index (χ0v) is 4.32. The Bertz CT molecular complexity index is 92.1. The molecule has 0 saturated carbocycles. The van der Waals surface area contributed by atoms with Gasteiger partial charge >= 0.3 is 0 Å². The van der Waals surface area contributed by atoms with Crippen molar-refractivity contribution >= 4 is 22.9 Å². The molecule has 0 spiro atoms. The Balaban J connectivity index is 3.32. The SMILES string of the molecule is O=[SH]O[SH](=O)=O. The van der Waals surface area contributed by atoms with Crippen molar-refractivity contribution in [3.63, 3.8) is 0 Å². The van der Waals surface area contributed by atoms with Gasteiger partial charge < -0.3 is 0 Å². The lowest BCUT2D eigenvalue weighted by Crippen LogP contribution is -1.75. The minimum absolute atomic E-state index is 0.822. The second-order valence-corrected chi connectivity index (χ2v) is 1.63. The molecule has 0 aromatic heterocycles. The highest BCUT2D eigenvalue weighted by Gasteiger charge is 1.71. The van der Waals surface area contributed by atoms with E-state index in [1.807, 2.05) is 0 Å². The van der Waals surface area contributed by atoms with Gasteiger partial charge in [-0.2, -0.15) is 3.63 Å². The van der Waals surface area contributed by atoms with Crippen LogP contribution in [0.4, 0.5) is 0 Å². The van der Waals surface area contributed by atoms with Crippen molar-refractivity contribution in [2.24, 2.45) is 0 Å². The van der Waals surface area contributed by atoms with Crippen LogP contribution in [0.1, 0.15) is 0 Å². The lowest BCUT2D eigenvalue weighted by Gasteiger charge is -1.66. The first-order valence-corrected chi connectivity index (χ1v) is 2.74. The van der Waals surface area contributed by atoms with Gasteiger partial charge in [-0.15, -0.1) is 0 Å². The van der Waals surface area contributed by atoms with Gasteiger partial charge in [0.1, 0.15) is 0 Å². The summed E-state index contributed by atoms with van der Waals surface area (Å²) >= 11 is -0.822. The first-order valence-electron chi connectivity index (χ1n) is 0.913. The number of rotatable bonds is 2. The molecule has 0 N–H and O–H groups in total. The van der Waals surface area contributed by atoms with Crippen molar-refractivity contribution in [3.8, 4) is 0 Å². The molecule has 0 bridgehead atoms. The summed E-state index contributed by atoms with van der Waals surface area (Å²) in [6.07, 6.45) is 0. The molecule has 0 rings (SSSR count). The molecule has 0 aliphatic rings. The van der Waals surface area contributed by atoms with Crippen molar-refractivity contribution in [1.82, 2.24) is 0 Å². The molecule has 0 heterocycles. The summed E-state index contributed by atoms with van der Waals surface area (Å²) < 4.78 is 30.9. The third-order valence-electron chi connectivity index (χ3n) is 0.100. The molecule has 4 nitrogen and oxygen atoms in total. The molecule has 0 unspecified atom stereocenters. The van der Waals surface area contributed by atoms with Gasteiger partial charge in [0, 0.05) is 0 Å². The summed E-state index contributed by atoms with van der Waals surface area (Å²) in [5, 5.41) is 0. The van der Waals surface area contributed by atoms with E-state index in [9.17, 15) is 8.42 Å². The van der Waals surface area contributed by atoms with E-state index in [1.165, 1.54) is 0 Å². The van der Waals surface area contributed by atoms with Crippen LogP contribution in [-0.2, 0) is 26.6 Å². The van der Waals surface area contributed by atoms with Crippen molar-refractivity contribution in [3.05, 3.63) is 0 Å². The highest BCUT2D eigenvalue weighted by atomic mass is 32.2. The topological polar surface area (TPSA) is 60.4 Å². The molecular formula is H2O4S2. The lowest BCUT2D eigenvalue weighted by atomic mass is 15.8. The van der Waals surface area contributed by atoms with Crippen LogP contribution < -0.4 is 0 Å². The molecule has 0 aliphatic carbocycles. The monoisotopic (exact) mass is 130 g/mol. The van der Waals surface area contributed by atoms with E-state index in [0.717, 1.165) is 0 Å². The molecule has 0 aromatic carbocycles. The maximum atomic E-state index is 9.21. The van der Waals surface area contributed by atoms with E-state index in [0.29, 0.717) is 0 Å². The van der Waals surface area contributed by atoms with E-state index in [-0.39, 0.29) is 0 Å². The molecule has 0 aromatic rings. The highest BCUT2D eigenvalue weighted by molar-refractivity contribution is 7.78. The zero-order valence-electron chi connectivity index (χ0n) is 2.53. The Morgan fingerprint density at radius 3 is 2.00 bits per heavy atom. The molecule has 6 heteroatoms. The fraction of sp³-hybridized carbons (Fsp3) is 0. The largest absolute Gasteiger partial charge is 0.269 e.